The van der Waals surface area contributed by atoms with E-state index < -0.39 is 5.97 Å². The highest BCUT2D eigenvalue weighted by Crippen LogP contribution is 2.33. The summed E-state index contributed by atoms with van der Waals surface area (Å²) in [6.07, 6.45) is 0. The molecule has 0 bridgehead atoms. The third-order valence-corrected chi connectivity index (χ3v) is 4.73. The molecule has 0 fully saturated rings. The van der Waals surface area contributed by atoms with Crippen molar-refractivity contribution in [1.29, 1.82) is 0 Å². The summed E-state index contributed by atoms with van der Waals surface area (Å²) in [5.74, 6) is -0.489. The molecule has 2 aromatic heterocycles. The van der Waals surface area contributed by atoms with Gasteiger partial charge in [0.25, 0.3) is 0 Å². The van der Waals surface area contributed by atoms with Crippen LogP contribution in [0.2, 0.25) is 0 Å². The second-order valence-corrected chi connectivity index (χ2v) is 6.25. The van der Waals surface area contributed by atoms with Crippen molar-refractivity contribution >= 4 is 33.2 Å². The van der Waals surface area contributed by atoms with Gasteiger partial charge in [0.2, 0.25) is 5.89 Å². The highest BCUT2D eigenvalue weighted by molar-refractivity contribution is 9.10. The zero-order chi connectivity index (χ0) is 15.0. The molecule has 4 nitrogen and oxygen atoms in total. The Morgan fingerprint density at radius 3 is 2.81 bits per heavy atom. The Kier molecular flexibility index (Phi) is 3.65. The number of aryl methyl sites for hydroxylation is 1. The molecule has 21 heavy (non-hydrogen) atoms. The van der Waals surface area contributed by atoms with Crippen LogP contribution in [0.25, 0.3) is 22.1 Å². The molecule has 0 saturated heterocycles. The van der Waals surface area contributed by atoms with E-state index in [1.165, 1.54) is 11.3 Å². The largest absolute Gasteiger partial charge is 0.476 e. The molecule has 0 saturated carbocycles. The minimum Gasteiger partial charge on any atom is -0.476 e. The van der Waals surface area contributed by atoms with Crippen molar-refractivity contribution in [3.63, 3.8) is 0 Å². The molecule has 3 aromatic rings. The number of thiophene rings is 1. The van der Waals surface area contributed by atoms with E-state index in [0.29, 0.717) is 11.5 Å². The van der Waals surface area contributed by atoms with E-state index in [1.54, 1.807) is 0 Å². The maximum atomic E-state index is 11.4. The number of carboxylic acids is 1. The van der Waals surface area contributed by atoms with Gasteiger partial charge in [-0.25, -0.2) is 9.78 Å². The van der Waals surface area contributed by atoms with Crippen LogP contribution in [-0.2, 0) is 0 Å². The summed E-state index contributed by atoms with van der Waals surface area (Å²) >= 11 is 4.88. The smallest absolute Gasteiger partial charge is 0.358 e. The zero-order valence-electron chi connectivity index (χ0n) is 11.0. The lowest BCUT2D eigenvalue weighted by molar-refractivity contribution is 0.0691. The Balaban J connectivity index is 2.16. The Labute approximate surface area is 133 Å². The Bertz CT molecular complexity index is 808. The van der Waals surface area contributed by atoms with E-state index in [9.17, 15) is 9.90 Å². The lowest BCUT2D eigenvalue weighted by Crippen LogP contribution is -1.99. The van der Waals surface area contributed by atoms with Gasteiger partial charge in [-0.1, -0.05) is 28.1 Å². The third kappa shape index (κ3) is 2.64. The van der Waals surface area contributed by atoms with E-state index in [1.807, 2.05) is 42.6 Å². The summed E-state index contributed by atoms with van der Waals surface area (Å²) < 4.78 is 6.66. The Hall–Kier alpha value is -1.92. The van der Waals surface area contributed by atoms with Crippen LogP contribution in [0.15, 0.2) is 44.6 Å². The summed E-state index contributed by atoms with van der Waals surface area (Å²) in [5, 5.41) is 11.2. The molecule has 6 heteroatoms. The molecule has 3 rings (SSSR count). The van der Waals surface area contributed by atoms with Crippen molar-refractivity contribution in [2.24, 2.45) is 0 Å². The van der Waals surface area contributed by atoms with Gasteiger partial charge in [0, 0.05) is 10.0 Å². The third-order valence-electron chi connectivity index (χ3n) is 2.98. The van der Waals surface area contributed by atoms with E-state index in [0.717, 1.165) is 14.9 Å². The molecule has 1 N–H and O–H groups in total. The van der Waals surface area contributed by atoms with Gasteiger partial charge in [0.1, 0.15) is 0 Å². The number of carboxylic acid groups (broad SMARTS) is 1. The predicted octanol–water partition coefficient (Wildman–Crippen LogP) is 4.84. The minimum atomic E-state index is -1.10. The monoisotopic (exact) mass is 363 g/mol. The van der Waals surface area contributed by atoms with Crippen LogP contribution in [0.4, 0.5) is 0 Å². The topological polar surface area (TPSA) is 63.3 Å². The van der Waals surface area contributed by atoms with Gasteiger partial charge in [-0.05, 0) is 36.1 Å². The molecule has 1 aromatic carbocycles. The first kappa shape index (κ1) is 14.0. The normalized spacial score (nSPS) is 10.8. The maximum Gasteiger partial charge on any atom is 0.358 e. The van der Waals surface area contributed by atoms with E-state index in [4.69, 9.17) is 4.42 Å². The zero-order valence-corrected chi connectivity index (χ0v) is 13.4. The first-order chi connectivity index (χ1) is 10.1. The molecular weight excluding hydrogens is 354 g/mol. The van der Waals surface area contributed by atoms with Crippen LogP contribution < -0.4 is 0 Å². The summed E-state index contributed by atoms with van der Waals surface area (Å²) in [6, 6.07) is 9.26. The standard InChI is InChI=1S/C15H10BrNO3S/c1-8-7-9(4-5-10(8)16)13-12(15(18)19)17-14(20-13)11-3-2-6-21-11/h2-7H,1H3,(H,18,19). The van der Waals surface area contributed by atoms with Gasteiger partial charge >= 0.3 is 5.97 Å². The van der Waals surface area contributed by atoms with Crippen molar-refractivity contribution < 1.29 is 14.3 Å². The Morgan fingerprint density at radius 2 is 2.19 bits per heavy atom. The average Bonchev–Trinajstić information content (AvgIpc) is 3.09. The fraction of sp³-hybridized carbons (Fsp3) is 0.0667. The van der Waals surface area contributed by atoms with E-state index >= 15 is 0 Å². The van der Waals surface area contributed by atoms with Gasteiger partial charge in [0.05, 0.1) is 4.88 Å². The fourth-order valence-electron chi connectivity index (χ4n) is 1.95. The van der Waals surface area contributed by atoms with E-state index in [-0.39, 0.29) is 11.5 Å². The van der Waals surface area contributed by atoms with Crippen LogP contribution in [-0.4, -0.2) is 16.1 Å². The van der Waals surface area contributed by atoms with Crippen LogP contribution in [0.1, 0.15) is 16.1 Å². The number of nitrogens with zero attached hydrogens (tertiary/aromatic N) is 1. The molecule has 0 aliphatic carbocycles. The van der Waals surface area contributed by atoms with Crippen molar-refractivity contribution in [2.45, 2.75) is 6.92 Å². The summed E-state index contributed by atoms with van der Waals surface area (Å²) in [7, 11) is 0. The second-order valence-electron chi connectivity index (χ2n) is 4.44. The molecule has 0 spiro atoms. The summed E-state index contributed by atoms with van der Waals surface area (Å²) in [5.41, 5.74) is 1.63. The quantitative estimate of drug-likeness (QED) is 0.722. The lowest BCUT2D eigenvalue weighted by Gasteiger charge is -2.02. The van der Waals surface area contributed by atoms with Gasteiger partial charge in [0.15, 0.2) is 11.5 Å². The molecular formula is C15H10BrNO3S. The molecule has 0 radical (unpaired) electrons. The van der Waals surface area contributed by atoms with Crippen molar-refractivity contribution in [2.75, 3.05) is 0 Å². The fourth-order valence-corrected chi connectivity index (χ4v) is 2.85. The predicted molar refractivity (Wildman–Crippen MR) is 84.6 cm³/mol. The molecule has 106 valence electrons. The number of halogens is 1. The van der Waals surface area contributed by atoms with Crippen LogP contribution >= 0.6 is 27.3 Å². The minimum absolute atomic E-state index is 0.0693. The van der Waals surface area contributed by atoms with Crippen molar-refractivity contribution in [3.05, 3.63) is 51.4 Å². The molecule has 0 aliphatic heterocycles. The number of carbonyl (C=O) groups is 1. The number of rotatable bonds is 3. The van der Waals surface area contributed by atoms with Gasteiger partial charge in [-0.15, -0.1) is 11.3 Å². The number of aromatic nitrogens is 1. The molecule has 0 amide bonds. The van der Waals surface area contributed by atoms with Crippen LogP contribution in [0, 0.1) is 6.92 Å². The number of hydrogen-bond donors (Lipinski definition) is 1. The highest BCUT2D eigenvalue weighted by atomic mass is 79.9. The number of hydrogen-bond acceptors (Lipinski definition) is 4. The molecule has 0 unspecified atom stereocenters. The summed E-state index contributed by atoms with van der Waals surface area (Å²) in [4.78, 5) is 16.3. The molecule has 0 aliphatic rings. The van der Waals surface area contributed by atoms with Crippen LogP contribution in [0.5, 0.6) is 0 Å². The van der Waals surface area contributed by atoms with Gasteiger partial charge in [-0.3, -0.25) is 0 Å². The van der Waals surface area contributed by atoms with Gasteiger partial charge < -0.3 is 9.52 Å². The SMILES string of the molecule is Cc1cc(-c2oc(-c3cccs3)nc2C(=O)O)ccc1Br. The second kappa shape index (κ2) is 5.46. The molecule has 2 heterocycles. The number of aromatic carboxylic acids is 1. The number of benzene rings is 1. The first-order valence-electron chi connectivity index (χ1n) is 6.11. The number of oxazole rings is 1. The van der Waals surface area contributed by atoms with E-state index in [2.05, 4.69) is 20.9 Å². The van der Waals surface area contributed by atoms with Gasteiger partial charge in [-0.2, -0.15) is 0 Å². The lowest BCUT2D eigenvalue weighted by atomic mass is 10.1. The average molecular weight is 364 g/mol. The van der Waals surface area contributed by atoms with Crippen molar-refractivity contribution in [3.8, 4) is 22.1 Å². The maximum absolute atomic E-state index is 11.4. The van der Waals surface area contributed by atoms with Crippen LogP contribution in [0.3, 0.4) is 0 Å². The summed E-state index contributed by atoms with van der Waals surface area (Å²) in [6.45, 7) is 1.94. The molecule has 0 atom stereocenters. The first-order valence-corrected chi connectivity index (χ1v) is 7.78. The van der Waals surface area contributed by atoms with Crippen molar-refractivity contribution in [1.82, 2.24) is 4.98 Å². The Morgan fingerprint density at radius 1 is 1.38 bits per heavy atom. The highest BCUT2D eigenvalue weighted by Gasteiger charge is 2.22.